The van der Waals surface area contributed by atoms with Gasteiger partial charge in [-0.05, 0) is 55.0 Å². The number of carbonyl (C=O) groups is 2. The summed E-state index contributed by atoms with van der Waals surface area (Å²) in [5.41, 5.74) is 9.20. The van der Waals surface area contributed by atoms with Crippen LogP contribution in [-0.2, 0) is 24.4 Å². The lowest BCUT2D eigenvalue weighted by Gasteiger charge is -2.25. The van der Waals surface area contributed by atoms with Gasteiger partial charge >= 0.3 is 0 Å². The van der Waals surface area contributed by atoms with E-state index in [9.17, 15) is 9.59 Å². The van der Waals surface area contributed by atoms with Gasteiger partial charge in [-0.2, -0.15) is 0 Å². The normalized spacial score (nSPS) is 17.1. The van der Waals surface area contributed by atoms with Crippen LogP contribution in [0, 0.1) is 5.92 Å². The average molecular weight is 432 g/mol. The van der Waals surface area contributed by atoms with Crippen molar-refractivity contribution in [3.8, 4) is 0 Å². The van der Waals surface area contributed by atoms with E-state index < -0.39 is 5.54 Å². The van der Waals surface area contributed by atoms with Crippen molar-refractivity contribution in [3.63, 3.8) is 0 Å². The molecule has 2 aliphatic rings. The second-order valence-corrected chi connectivity index (χ2v) is 9.33. The largest absolute Gasteiger partial charge is 0.338 e. The number of anilines is 1. The van der Waals surface area contributed by atoms with Gasteiger partial charge in [-0.1, -0.05) is 32.0 Å². The molecule has 0 atom stereocenters. The summed E-state index contributed by atoms with van der Waals surface area (Å²) in [5.74, 6) is 1.12. The lowest BCUT2D eigenvalue weighted by molar-refractivity contribution is -0.121. The first-order valence-corrected chi connectivity index (χ1v) is 11.3. The van der Waals surface area contributed by atoms with Crippen LogP contribution in [0.15, 0.2) is 42.5 Å². The monoisotopic (exact) mass is 431 g/mol. The highest BCUT2D eigenvalue weighted by Crippen LogP contribution is 2.42. The first kappa shape index (κ1) is 20.7. The number of rotatable bonds is 6. The number of hydrogen-bond acceptors (Lipinski definition) is 4. The van der Waals surface area contributed by atoms with Gasteiger partial charge in [-0.3, -0.25) is 9.59 Å². The van der Waals surface area contributed by atoms with Crippen LogP contribution < -0.4 is 16.0 Å². The molecule has 1 aromatic heterocycles. The summed E-state index contributed by atoms with van der Waals surface area (Å²) in [6.07, 6.45) is 2.35. The number of benzene rings is 2. The lowest BCUT2D eigenvalue weighted by atomic mass is 10.1. The molecule has 0 unspecified atom stereocenters. The van der Waals surface area contributed by atoms with Crippen molar-refractivity contribution >= 4 is 28.5 Å². The summed E-state index contributed by atoms with van der Waals surface area (Å²) in [6.45, 7) is 6.00. The zero-order chi connectivity index (χ0) is 22.5. The van der Waals surface area contributed by atoms with Crippen molar-refractivity contribution in [2.45, 2.75) is 58.3 Å². The SMILES string of the molecule is CC(C)CCn1c(CN2C(=O)C3(CC3)NC(=O)c3ccccc32)nc2cc(CN)ccc21. The Morgan fingerprint density at radius 3 is 2.66 bits per heavy atom. The van der Waals surface area contributed by atoms with Crippen LogP contribution in [0.2, 0.25) is 0 Å². The zero-order valence-corrected chi connectivity index (χ0v) is 18.6. The molecule has 3 aromatic rings. The van der Waals surface area contributed by atoms with E-state index in [1.165, 1.54) is 0 Å². The number of carbonyl (C=O) groups excluding carboxylic acids is 2. The molecule has 2 aromatic carbocycles. The summed E-state index contributed by atoms with van der Waals surface area (Å²) in [5, 5.41) is 2.98. The maximum Gasteiger partial charge on any atom is 0.254 e. The van der Waals surface area contributed by atoms with Gasteiger partial charge in [0.25, 0.3) is 11.8 Å². The van der Waals surface area contributed by atoms with Crippen molar-refractivity contribution < 1.29 is 9.59 Å². The second-order valence-electron chi connectivity index (χ2n) is 9.33. The molecule has 2 heterocycles. The Labute approximate surface area is 187 Å². The summed E-state index contributed by atoms with van der Waals surface area (Å²) in [6, 6.07) is 13.5. The molecule has 1 spiro atoms. The molecular weight excluding hydrogens is 402 g/mol. The van der Waals surface area contributed by atoms with E-state index in [0.29, 0.717) is 43.1 Å². The fourth-order valence-corrected chi connectivity index (χ4v) is 4.48. The van der Waals surface area contributed by atoms with E-state index in [4.69, 9.17) is 10.7 Å². The molecule has 0 saturated heterocycles. The highest BCUT2D eigenvalue weighted by Gasteiger charge is 2.55. The highest BCUT2D eigenvalue weighted by atomic mass is 16.2. The molecule has 166 valence electrons. The van der Waals surface area contributed by atoms with Crippen LogP contribution in [0.3, 0.4) is 0 Å². The van der Waals surface area contributed by atoms with Crippen LogP contribution in [-0.4, -0.2) is 26.9 Å². The van der Waals surface area contributed by atoms with Crippen molar-refractivity contribution in [2.75, 3.05) is 4.90 Å². The van der Waals surface area contributed by atoms with Crippen LogP contribution >= 0.6 is 0 Å². The van der Waals surface area contributed by atoms with Gasteiger partial charge in [0.05, 0.1) is 28.8 Å². The Morgan fingerprint density at radius 2 is 1.94 bits per heavy atom. The average Bonchev–Trinajstić information content (AvgIpc) is 3.50. The van der Waals surface area contributed by atoms with E-state index in [1.54, 1.807) is 11.0 Å². The van der Waals surface area contributed by atoms with E-state index in [-0.39, 0.29) is 11.8 Å². The number of hydrogen-bond donors (Lipinski definition) is 2. The molecule has 0 bridgehead atoms. The Morgan fingerprint density at radius 1 is 1.16 bits per heavy atom. The molecule has 1 aliphatic heterocycles. The number of nitrogens with one attached hydrogen (secondary N) is 1. The van der Waals surface area contributed by atoms with Crippen molar-refractivity contribution in [1.29, 1.82) is 0 Å². The summed E-state index contributed by atoms with van der Waals surface area (Å²) >= 11 is 0. The van der Waals surface area contributed by atoms with Gasteiger partial charge in [0, 0.05) is 13.1 Å². The number of nitrogens with zero attached hydrogens (tertiary/aromatic N) is 3. The predicted molar refractivity (Wildman–Crippen MR) is 124 cm³/mol. The molecule has 2 amide bonds. The number of fused-ring (bicyclic) bond motifs is 2. The Balaban J connectivity index is 1.60. The van der Waals surface area contributed by atoms with E-state index in [0.717, 1.165) is 35.4 Å². The maximum atomic E-state index is 13.6. The number of para-hydroxylation sites is 1. The number of aromatic nitrogens is 2. The minimum absolute atomic E-state index is 0.0547. The molecule has 32 heavy (non-hydrogen) atoms. The Kier molecular flexibility index (Phi) is 5.01. The number of aryl methyl sites for hydroxylation is 1. The molecule has 7 heteroatoms. The molecule has 1 saturated carbocycles. The van der Waals surface area contributed by atoms with Crippen molar-refractivity contribution in [2.24, 2.45) is 11.7 Å². The van der Waals surface area contributed by atoms with Crippen LogP contribution in [0.1, 0.15) is 54.9 Å². The third-order valence-corrected chi connectivity index (χ3v) is 6.55. The minimum Gasteiger partial charge on any atom is -0.338 e. The fraction of sp³-hybridized carbons (Fsp3) is 0.400. The highest BCUT2D eigenvalue weighted by molar-refractivity contribution is 6.13. The topological polar surface area (TPSA) is 93.2 Å². The molecule has 0 radical (unpaired) electrons. The molecule has 3 N–H and O–H groups in total. The van der Waals surface area contributed by atoms with Gasteiger partial charge < -0.3 is 20.5 Å². The van der Waals surface area contributed by atoms with Crippen molar-refractivity contribution in [3.05, 3.63) is 59.4 Å². The molecular formula is C25H29N5O2. The van der Waals surface area contributed by atoms with Gasteiger partial charge in [-0.15, -0.1) is 0 Å². The fourth-order valence-electron chi connectivity index (χ4n) is 4.48. The summed E-state index contributed by atoms with van der Waals surface area (Å²) < 4.78 is 2.21. The maximum absolute atomic E-state index is 13.6. The first-order chi connectivity index (χ1) is 15.4. The Bertz CT molecular complexity index is 1210. The van der Waals surface area contributed by atoms with Crippen LogP contribution in [0.25, 0.3) is 11.0 Å². The summed E-state index contributed by atoms with van der Waals surface area (Å²) in [4.78, 5) is 33.1. The number of imidazole rings is 1. The first-order valence-electron chi connectivity index (χ1n) is 11.3. The quantitative estimate of drug-likeness (QED) is 0.626. The van der Waals surface area contributed by atoms with E-state index >= 15 is 0 Å². The van der Waals surface area contributed by atoms with Gasteiger partial charge in [-0.25, -0.2) is 4.98 Å². The number of nitrogens with two attached hydrogens (primary N) is 1. The lowest BCUT2D eigenvalue weighted by Crippen LogP contribution is -2.48. The van der Waals surface area contributed by atoms with Crippen LogP contribution in [0.5, 0.6) is 0 Å². The van der Waals surface area contributed by atoms with Crippen molar-refractivity contribution in [1.82, 2.24) is 14.9 Å². The van der Waals surface area contributed by atoms with E-state index in [2.05, 4.69) is 29.8 Å². The predicted octanol–water partition coefficient (Wildman–Crippen LogP) is 3.35. The van der Waals surface area contributed by atoms with Gasteiger partial charge in [0.2, 0.25) is 0 Å². The number of amides is 2. The second kappa shape index (κ2) is 7.74. The zero-order valence-electron chi connectivity index (χ0n) is 18.6. The third kappa shape index (κ3) is 3.46. The van der Waals surface area contributed by atoms with Gasteiger partial charge in [0.15, 0.2) is 0 Å². The third-order valence-electron chi connectivity index (χ3n) is 6.55. The molecule has 7 nitrogen and oxygen atoms in total. The smallest absolute Gasteiger partial charge is 0.254 e. The standard InChI is InChI=1S/C25H29N5O2/c1-16(2)9-12-29-21-8-7-17(14-26)13-19(21)27-22(29)15-30-20-6-4-3-5-18(20)23(31)28-25(10-11-25)24(30)32/h3-8,13,16H,9-12,14-15,26H2,1-2H3,(H,28,31). The molecule has 1 fully saturated rings. The molecule has 1 aliphatic carbocycles. The van der Waals surface area contributed by atoms with Crippen LogP contribution in [0.4, 0.5) is 5.69 Å². The molecule has 5 rings (SSSR count). The van der Waals surface area contributed by atoms with E-state index in [1.807, 2.05) is 30.3 Å². The summed E-state index contributed by atoms with van der Waals surface area (Å²) in [7, 11) is 0. The Hall–Kier alpha value is -3.19. The minimum atomic E-state index is -0.780. The van der Waals surface area contributed by atoms with Gasteiger partial charge in [0.1, 0.15) is 11.4 Å².